The van der Waals surface area contributed by atoms with Crippen molar-refractivity contribution in [2.24, 2.45) is 0 Å². The minimum absolute atomic E-state index is 0.270. The van der Waals surface area contributed by atoms with Crippen LogP contribution in [0.15, 0.2) is 0 Å². The van der Waals surface area contributed by atoms with Gasteiger partial charge in [-0.15, -0.1) is 5.10 Å². The minimum Gasteiger partial charge on any atom is -0.388 e. The Morgan fingerprint density at radius 2 is 2.38 bits per heavy atom. The summed E-state index contributed by atoms with van der Waals surface area (Å²) in [5, 5.41) is 4.52. The van der Waals surface area contributed by atoms with Crippen LogP contribution in [0, 0.1) is 0 Å². The zero-order chi connectivity index (χ0) is 9.68. The van der Waals surface area contributed by atoms with Gasteiger partial charge in [0.05, 0.1) is 12.7 Å². The Kier molecular flexibility index (Phi) is 4.11. The maximum Gasteiger partial charge on any atom is 0.133 e. The zero-order valence-electron chi connectivity index (χ0n) is 7.99. The molecular formula is C8H15N3OS. The lowest BCUT2D eigenvalue weighted by atomic mass is 10.2. The van der Waals surface area contributed by atoms with Crippen LogP contribution >= 0.6 is 11.5 Å². The second kappa shape index (κ2) is 5.14. The number of rotatable bonds is 5. The van der Waals surface area contributed by atoms with Crippen LogP contribution in [0.1, 0.15) is 32.4 Å². The molecule has 1 atom stereocenters. The van der Waals surface area contributed by atoms with Crippen LogP contribution in [0.4, 0.5) is 5.00 Å². The van der Waals surface area contributed by atoms with Crippen molar-refractivity contribution in [3.8, 4) is 0 Å². The van der Waals surface area contributed by atoms with Gasteiger partial charge in [-0.3, -0.25) is 0 Å². The van der Waals surface area contributed by atoms with E-state index in [1.165, 1.54) is 11.5 Å². The van der Waals surface area contributed by atoms with Gasteiger partial charge < -0.3 is 10.5 Å². The zero-order valence-corrected chi connectivity index (χ0v) is 8.80. The van der Waals surface area contributed by atoms with E-state index in [1.54, 1.807) is 0 Å². The first kappa shape index (κ1) is 10.4. The average Bonchev–Trinajstić information content (AvgIpc) is 2.48. The van der Waals surface area contributed by atoms with E-state index in [9.17, 15) is 0 Å². The molecule has 0 radical (unpaired) electrons. The average molecular weight is 201 g/mol. The molecule has 1 aromatic rings. The maximum absolute atomic E-state index is 5.61. The Balaban J connectivity index is 2.30. The third kappa shape index (κ3) is 3.28. The molecule has 0 bridgehead atoms. The first-order valence-electron chi connectivity index (χ1n) is 4.42. The summed E-state index contributed by atoms with van der Waals surface area (Å²) in [6, 6.07) is 0. The van der Waals surface area contributed by atoms with Crippen LogP contribution < -0.4 is 5.73 Å². The lowest BCUT2D eigenvalue weighted by Gasteiger charge is -2.10. The van der Waals surface area contributed by atoms with E-state index in [2.05, 4.69) is 23.4 Å². The largest absolute Gasteiger partial charge is 0.388 e. The molecule has 0 aromatic carbocycles. The van der Waals surface area contributed by atoms with Gasteiger partial charge in [0, 0.05) is 11.5 Å². The fraction of sp³-hybridized carbons (Fsp3) is 0.750. The topological polar surface area (TPSA) is 61.0 Å². The van der Waals surface area contributed by atoms with Crippen molar-refractivity contribution in [3.63, 3.8) is 0 Å². The Morgan fingerprint density at radius 3 is 2.92 bits per heavy atom. The summed E-state index contributed by atoms with van der Waals surface area (Å²) in [6.07, 6.45) is 2.47. The third-order valence-electron chi connectivity index (χ3n) is 1.78. The highest BCUT2D eigenvalue weighted by Crippen LogP contribution is 2.14. The Labute approximate surface area is 82.3 Å². The van der Waals surface area contributed by atoms with E-state index in [0.717, 1.165) is 18.5 Å². The van der Waals surface area contributed by atoms with Gasteiger partial charge in [0.2, 0.25) is 0 Å². The molecule has 1 aromatic heterocycles. The van der Waals surface area contributed by atoms with Crippen molar-refractivity contribution in [2.45, 2.75) is 39.4 Å². The van der Waals surface area contributed by atoms with E-state index in [0.29, 0.717) is 11.6 Å². The number of anilines is 1. The van der Waals surface area contributed by atoms with E-state index < -0.39 is 0 Å². The first-order chi connectivity index (χ1) is 6.24. The molecule has 0 saturated carbocycles. The molecule has 4 nitrogen and oxygen atoms in total. The van der Waals surface area contributed by atoms with Crippen molar-refractivity contribution in [3.05, 3.63) is 5.69 Å². The summed E-state index contributed by atoms with van der Waals surface area (Å²) in [6.45, 7) is 4.67. The van der Waals surface area contributed by atoms with Gasteiger partial charge in [0.25, 0.3) is 0 Å². The maximum atomic E-state index is 5.61. The quantitative estimate of drug-likeness (QED) is 0.789. The molecule has 1 rings (SSSR count). The molecule has 0 saturated heterocycles. The first-order valence-corrected chi connectivity index (χ1v) is 5.19. The molecule has 13 heavy (non-hydrogen) atoms. The standard InChI is InChI=1S/C8H15N3OS/c1-3-4-6(2)12-5-7-8(9)13-11-10-7/h6H,3-5,9H2,1-2H3. The molecule has 2 N–H and O–H groups in total. The number of nitrogens with two attached hydrogens (primary N) is 1. The molecule has 1 heterocycles. The van der Waals surface area contributed by atoms with Gasteiger partial charge in [-0.2, -0.15) is 0 Å². The van der Waals surface area contributed by atoms with E-state index >= 15 is 0 Å². The number of hydrogen-bond acceptors (Lipinski definition) is 5. The van der Waals surface area contributed by atoms with Gasteiger partial charge in [0.1, 0.15) is 10.7 Å². The smallest absolute Gasteiger partial charge is 0.133 e. The number of hydrogen-bond donors (Lipinski definition) is 1. The molecule has 0 aliphatic heterocycles. The summed E-state index contributed by atoms with van der Waals surface area (Å²) in [4.78, 5) is 0. The van der Waals surface area contributed by atoms with Crippen LogP contribution in [0.25, 0.3) is 0 Å². The summed E-state index contributed by atoms with van der Waals surface area (Å²) >= 11 is 1.21. The normalized spacial score (nSPS) is 13.1. The number of aromatic nitrogens is 2. The van der Waals surface area contributed by atoms with Crippen molar-refractivity contribution in [2.75, 3.05) is 5.73 Å². The molecule has 0 amide bonds. The van der Waals surface area contributed by atoms with E-state index in [4.69, 9.17) is 10.5 Å². The summed E-state index contributed by atoms with van der Waals surface area (Å²) in [5.41, 5.74) is 6.37. The van der Waals surface area contributed by atoms with Gasteiger partial charge in [-0.25, -0.2) is 0 Å². The number of ether oxygens (including phenoxy) is 1. The van der Waals surface area contributed by atoms with Crippen LogP contribution in [-0.2, 0) is 11.3 Å². The third-order valence-corrected chi connectivity index (χ3v) is 2.38. The van der Waals surface area contributed by atoms with E-state index in [1.807, 2.05) is 0 Å². The summed E-state index contributed by atoms with van der Waals surface area (Å²) < 4.78 is 9.26. The second-order valence-corrected chi connectivity index (χ2v) is 3.78. The highest BCUT2D eigenvalue weighted by atomic mass is 32.1. The van der Waals surface area contributed by atoms with Crippen LogP contribution in [0.5, 0.6) is 0 Å². The predicted molar refractivity (Wildman–Crippen MR) is 53.5 cm³/mol. The molecule has 0 spiro atoms. The number of nitrogens with zero attached hydrogens (tertiary/aromatic N) is 2. The van der Waals surface area contributed by atoms with Crippen LogP contribution in [-0.4, -0.2) is 15.7 Å². The lowest BCUT2D eigenvalue weighted by molar-refractivity contribution is 0.0456. The van der Waals surface area contributed by atoms with Crippen molar-refractivity contribution in [1.29, 1.82) is 0 Å². The molecule has 0 aliphatic carbocycles. The Bertz CT molecular complexity index is 251. The van der Waals surface area contributed by atoms with Crippen molar-refractivity contribution >= 4 is 16.5 Å². The van der Waals surface area contributed by atoms with Crippen LogP contribution in [0.3, 0.4) is 0 Å². The monoisotopic (exact) mass is 201 g/mol. The lowest BCUT2D eigenvalue weighted by Crippen LogP contribution is -2.08. The summed E-state index contributed by atoms with van der Waals surface area (Å²) in [5.74, 6) is 0. The second-order valence-electron chi connectivity index (χ2n) is 2.99. The fourth-order valence-electron chi connectivity index (χ4n) is 1.03. The van der Waals surface area contributed by atoms with Gasteiger partial charge in [-0.1, -0.05) is 17.8 Å². The van der Waals surface area contributed by atoms with Crippen molar-refractivity contribution in [1.82, 2.24) is 9.59 Å². The highest BCUT2D eigenvalue weighted by molar-refractivity contribution is 7.09. The minimum atomic E-state index is 0.270. The van der Waals surface area contributed by atoms with Gasteiger partial charge in [-0.05, 0) is 13.3 Å². The van der Waals surface area contributed by atoms with E-state index in [-0.39, 0.29) is 6.10 Å². The van der Waals surface area contributed by atoms with Crippen LogP contribution in [0.2, 0.25) is 0 Å². The molecule has 1 unspecified atom stereocenters. The Hall–Kier alpha value is -0.680. The molecule has 0 aliphatic rings. The fourth-order valence-corrected chi connectivity index (χ4v) is 1.46. The highest BCUT2D eigenvalue weighted by Gasteiger charge is 2.06. The molecular weight excluding hydrogens is 186 g/mol. The van der Waals surface area contributed by atoms with Gasteiger partial charge >= 0.3 is 0 Å². The molecule has 5 heteroatoms. The SMILES string of the molecule is CCCC(C)OCc1nnsc1N. The van der Waals surface area contributed by atoms with Gasteiger partial charge in [0.15, 0.2) is 0 Å². The molecule has 0 fully saturated rings. The molecule has 74 valence electrons. The summed E-state index contributed by atoms with van der Waals surface area (Å²) in [7, 11) is 0. The van der Waals surface area contributed by atoms with Crippen molar-refractivity contribution < 1.29 is 4.74 Å². The Morgan fingerprint density at radius 1 is 1.62 bits per heavy atom. The number of nitrogen functional groups attached to an aromatic ring is 1. The predicted octanol–water partition coefficient (Wildman–Crippen LogP) is 1.83.